The zero-order valence-corrected chi connectivity index (χ0v) is 13.3. The lowest BCUT2D eigenvalue weighted by Crippen LogP contribution is -2.35. The van der Waals surface area contributed by atoms with Gasteiger partial charge in [0.25, 0.3) is 0 Å². The van der Waals surface area contributed by atoms with Crippen LogP contribution in [0.15, 0.2) is 24.3 Å². The van der Waals surface area contributed by atoms with Gasteiger partial charge < -0.3 is 14.8 Å². The van der Waals surface area contributed by atoms with Crippen LogP contribution in [0.4, 0.5) is 13.2 Å². The van der Waals surface area contributed by atoms with Crippen molar-refractivity contribution in [1.29, 1.82) is 0 Å². The molecule has 1 aromatic rings. The number of hydrogen-bond acceptors (Lipinski definition) is 5. The SMILES string of the molecule is CS(=O)(=O)C[C@@H](Oc1ccc(OC(F)(F)F)cc1)[C@@H]1CCNC1. The fourth-order valence-electron chi connectivity index (χ4n) is 2.45. The van der Waals surface area contributed by atoms with Crippen LogP contribution in [0.1, 0.15) is 6.42 Å². The van der Waals surface area contributed by atoms with Crippen molar-refractivity contribution < 1.29 is 31.1 Å². The van der Waals surface area contributed by atoms with Crippen LogP contribution in [0.5, 0.6) is 11.5 Å². The molecule has 1 N–H and O–H groups in total. The number of halogens is 3. The summed E-state index contributed by atoms with van der Waals surface area (Å²) in [5.74, 6) is -0.150. The number of alkyl halides is 3. The minimum absolute atomic E-state index is 0.0378. The zero-order valence-electron chi connectivity index (χ0n) is 12.5. The van der Waals surface area contributed by atoms with Gasteiger partial charge in [-0.1, -0.05) is 0 Å². The zero-order chi connectivity index (χ0) is 17.1. The van der Waals surface area contributed by atoms with Crippen LogP contribution in [0.25, 0.3) is 0 Å². The third-order valence-corrected chi connectivity index (χ3v) is 4.37. The molecule has 0 bridgehead atoms. The lowest BCUT2D eigenvalue weighted by Gasteiger charge is -2.23. The number of rotatable bonds is 6. The number of ether oxygens (including phenoxy) is 2. The number of sulfone groups is 1. The first-order valence-corrected chi connectivity index (χ1v) is 9.09. The highest BCUT2D eigenvalue weighted by Gasteiger charge is 2.31. The Balaban J connectivity index is 2.06. The maximum Gasteiger partial charge on any atom is 0.573 e. The monoisotopic (exact) mass is 353 g/mol. The highest BCUT2D eigenvalue weighted by molar-refractivity contribution is 7.90. The van der Waals surface area contributed by atoms with Crippen LogP contribution < -0.4 is 14.8 Å². The molecular formula is C14H18F3NO4S. The molecule has 9 heteroatoms. The van der Waals surface area contributed by atoms with Gasteiger partial charge in [0.2, 0.25) is 0 Å². The number of nitrogens with one attached hydrogen (secondary N) is 1. The second kappa shape index (κ2) is 6.96. The topological polar surface area (TPSA) is 64.6 Å². The molecule has 2 rings (SSSR count). The van der Waals surface area contributed by atoms with Crippen molar-refractivity contribution in [2.75, 3.05) is 25.1 Å². The van der Waals surface area contributed by atoms with E-state index in [9.17, 15) is 21.6 Å². The van der Waals surface area contributed by atoms with Gasteiger partial charge in [-0.05, 0) is 37.2 Å². The Labute approximate surface area is 132 Å². The maximum absolute atomic E-state index is 12.1. The van der Waals surface area contributed by atoms with Gasteiger partial charge in [-0.2, -0.15) is 0 Å². The second-order valence-electron chi connectivity index (χ2n) is 5.52. The Morgan fingerprint density at radius 3 is 2.35 bits per heavy atom. The van der Waals surface area contributed by atoms with Crippen molar-refractivity contribution in [3.05, 3.63) is 24.3 Å². The Kier molecular flexibility index (Phi) is 5.41. The summed E-state index contributed by atoms with van der Waals surface area (Å²) >= 11 is 0. The van der Waals surface area contributed by atoms with Crippen LogP contribution in [-0.4, -0.2) is 46.0 Å². The van der Waals surface area contributed by atoms with Crippen molar-refractivity contribution in [2.45, 2.75) is 18.9 Å². The average Bonchev–Trinajstić information content (AvgIpc) is 2.91. The van der Waals surface area contributed by atoms with Gasteiger partial charge in [0, 0.05) is 18.7 Å². The summed E-state index contributed by atoms with van der Waals surface area (Å²) < 4.78 is 68.9. The lowest BCUT2D eigenvalue weighted by atomic mass is 10.0. The summed E-state index contributed by atoms with van der Waals surface area (Å²) in [6.45, 7) is 1.43. The maximum atomic E-state index is 12.1. The molecule has 1 aromatic carbocycles. The molecule has 1 fully saturated rings. The lowest BCUT2D eigenvalue weighted by molar-refractivity contribution is -0.274. The molecular weight excluding hydrogens is 335 g/mol. The molecule has 23 heavy (non-hydrogen) atoms. The Hall–Kier alpha value is -1.48. The molecule has 5 nitrogen and oxygen atoms in total. The molecule has 0 saturated carbocycles. The van der Waals surface area contributed by atoms with E-state index in [1.54, 1.807) is 0 Å². The van der Waals surface area contributed by atoms with E-state index < -0.39 is 22.3 Å². The Bertz CT molecular complexity index is 610. The highest BCUT2D eigenvalue weighted by Crippen LogP contribution is 2.26. The van der Waals surface area contributed by atoms with Crippen LogP contribution >= 0.6 is 0 Å². The van der Waals surface area contributed by atoms with Gasteiger partial charge in [0.05, 0.1) is 5.75 Å². The summed E-state index contributed by atoms with van der Waals surface area (Å²) in [5.41, 5.74) is 0. The normalized spacial score (nSPS) is 20.3. The molecule has 0 aliphatic carbocycles. The van der Waals surface area contributed by atoms with Crippen molar-refractivity contribution in [3.63, 3.8) is 0 Å². The molecule has 0 amide bonds. The standard InChI is InChI=1S/C14H18F3NO4S/c1-23(19,20)9-13(10-6-7-18-8-10)21-11-2-4-12(5-3-11)22-14(15,16)17/h2-5,10,13,18H,6-9H2,1H3/t10-,13-/m1/s1. The van der Waals surface area contributed by atoms with Gasteiger partial charge >= 0.3 is 6.36 Å². The van der Waals surface area contributed by atoms with Crippen LogP contribution in [0.2, 0.25) is 0 Å². The number of benzene rings is 1. The minimum Gasteiger partial charge on any atom is -0.489 e. The van der Waals surface area contributed by atoms with Crippen LogP contribution in [0, 0.1) is 5.92 Å². The van der Waals surface area contributed by atoms with E-state index in [1.165, 1.54) is 12.1 Å². The molecule has 1 aliphatic heterocycles. The largest absolute Gasteiger partial charge is 0.573 e. The van der Waals surface area contributed by atoms with Crippen molar-refractivity contribution in [2.24, 2.45) is 5.92 Å². The summed E-state index contributed by atoms with van der Waals surface area (Å²) in [5, 5.41) is 3.14. The van der Waals surface area contributed by atoms with Gasteiger partial charge in [-0.25, -0.2) is 8.42 Å². The molecule has 1 saturated heterocycles. The highest BCUT2D eigenvalue weighted by atomic mass is 32.2. The third-order valence-electron chi connectivity index (χ3n) is 3.44. The molecule has 0 spiro atoms. The van der Waals surface area contributed by atoms with Crippen LogP contribution in [0.3, 0.4) is 0 Å². The summed E-state index contributed by atoms with van der Waals surface area (Å²) in [6.07, 6.45) is -3.38. The van der Waals surface area contributed by atoms with Gasteiger partial charge in [-0.15, -0.1) is 13.2 Å². The molecule has 0 radical (unpaired) electrons. The predicted molar refractivity (Wildman–Crippen MR) is 78.2 cm³/mol. The van der Waals surface area contributed by atoms with E-state index in [2.05, 4.69) is 10.1 Å². The van der Waals surface area contributed by atoms with E-state index in [0.717, 1.165) is 31.4 Å². The van der Waals surface area contributed by atoms with Crippen molar-refractivity contribution in [3.8, 4) is 11.5 Å². The van der Waals surface area contributed by atoms with E-state index in [-0.39, 0.29) is 17.4 Å². The summed E-state index contributed by atoms with van der Waals surface area (Å²) in [4.78, 5) is 0. The fourth-order valence-corrected chi connectivity index (χ4v) is 3.39. The Morgan fingerprint density at radius 2 is 1.87 bits per heavy atom. The quantitative estimate of drug-likeness (QED) is 0.847. The van der Waals surface area contributed by atoms with E-state index in [0.29, 0.717) is 12.3 Å². The van der Waals surface area contributed by atoms with Crippen molar-refractivity contribution >= 4 is 9.84 Å². The van der Waals surface area contributed by atoms with Gasteiger partial charge in [0.1, 0.15) is 17.6 Å². The van der Waals surface area contributed by atoms with Gasteiger partial charge in [0.15, 0.2) is 9.84 Å². The molecule has 2 atom stereocenters. The number of hydrogen-bond donors (Lipinski definition) is 1. The predicted octanol–water partition coefficient (Wildman–Crippen LogP) is 1.99. The third kappa shape index (κ3) is 6.26. The van der Waals surface area contributed by atoms with E-state index in [4.69, 9.17) is 4.74 Å². The second-order valence-corrected chi connectivity index (χ2v) is 7.71. The first-order chi connectivity index (χ1) is 10.6. The molecule has 0 aromatic heterocycles. The fraction of sp³-hybridized carbons (Fsp3) is 0.571. The first kappa shape index (κ1) is 17.9. The smallest absolute Gasteiger partial charge is 0.489 e. The first-order valence-electron chi connectivity index (χ1n) is 7.03. The molecule has 1 heterocycles. The Morgan fingerprint density at radius 1 is 1.26 bits per heavy atom. The van der Waals surface area contributed by atoms with Crippen molar-refractivity contribution in [1.82, 2.24) is 5.32 Å². The van der Waals surface area contributed by atoms with Gasteiger partial charge in [-0.3, -0.25) is 0 Å². The minimum atomic E-state index is -4.75. The molecule has 1 aliphatic rings. The van der Waals surface area contributed by atoms with E-state index in [1.807, 2.05) is 0 Å². The summed E-state index contributed by atoms with van der Waals surface area (Å²) in [7, 11) is -3.24. The molecule has 130 valence electrons. The van der Waals surface area contributed by atoms with Crippen LogP contribution in [-0.2, 0) is 9.84 Å². The molecule has 0 unspecified atom stereocenters. The summed E-state index contributed by atoms with van der Waals surface area (Å²) in [6, 6.07) is 4.93. The average molecular weight is 353 g/mol. The van der Waals surface area contributed by atoms with E-state index >= 15 is 0 Å².